The molecule has 1 N–H and O–H groups in total. The predicted molar refractivity (Wildman–Crippen MR) is 78.9 cm³/mol. The van der Waals surface area contributed by atoms with E-state index in [4.69, 9.17) is 4.74 Å². The second-order valence-corrected chi connectivity index (χ2v) is 5.81. The number of aromatic nitrogens is 2. The summed E-state index contributed by atoms with van der Waals surface area (Å²) < 4.78 is 5.64. The van der Waals surface area contributed by atoms with Crippen molar-refractivity contribution in [1.29, 1.82) is 0 Å². The van der Waals surface area contributed by atoms with Crippen LogP contribution >= 0.6 is 0 Å². The Balaban J connectivity index is 1.91. The fourth-order valence-corrected chi connectivity index (χ4v) is 2.00. The van der Waals surface area contributed by atoms with Gasteiger partial charge in [0.25, 0.3) is 0 Å². The first-order chi connectivity index (χ1) is 9.61. The number of aliphatic hydroxyl groups excluding tert-OH is 1. The van der Waals surface area contributed by atoms with Crippen molar-refractivity contribution in [3.05, 3.63) is 17.7 Å². The van der Waals surface area contributed by atoms with E-state index in [9.17, 15) is 5.11 Å². The molecule has 0 aliphatic heterocycles. The SMILES string of the molecule is CC(C)c1ncc(N(C)CCOCC2CC2)c(CO)n1. The second kappa shape index (κ2) is 6.99. The van der Waals surface area contributed by atoms with Crippen LogP contribution in [0.4, 0.5) is 5.69 Å². The number of anilines is 1. The summed E-state index contributed by atoms with van der Waals surface area (Å²) in [6, 6.07) is 0. The summed E-state index contributed by atoms with van der Waals surface area (Å²) in [6.45, 7) is 6.39. The van der Waals surface area contributed by atoms with E-state index in [1.54, 1.807) is 6.20 Å². The molecule has 1 heterocycles. The van der Waals surface area contributed by atoms with E-state index in [1.807, 2.05) is 25.8 Å². The van der Waals surface area contributed by atoms with Crippen LogP contribution in [0.15, 0.2) is 6.20 Å². The van der Waals surface area contributed by atoms with Gasteiger partial charge in [0.05, 0.1) is 30.8 Å². The topological polar surface area (TPSA) is 58.5 Å². The molecule has 1 aromatic rings. The summed E-state index contributed by atoms with van der Waals surface area (Å²) in [5.41, 5.74) is 1.57. The molecule has 0 amide bonds. The highest BCUT2D eigenvalue weighted by atomic mass is 16.5. The molecule has 0 spiro atoms. The Hall–Kier alpha value is -1.20. The maximum absolute atomic E-state index is 9.48. The first-order valence-electron chi connectivity index (χ1n) is 7.37. The maximum Gasteiger partial charge on any atom is 0.131 e. The minimum Gasteiger partial charge on any atom is -0.390 e. The fourth-order valence-electron chi connectivity index (χ4n) is 2.00. The van der Waals surface area contributed by atoms with Crippen LogP contribution in [0, 0.1) is 5.92 Å². The van der Waals surface area contributed by atoms with Crippen molar-refractivity contribution in [2.24, 2.45) is 5.92 Å². The minimum absolute atomic E-state index is 0.0646. The molecule has 0 atom stereocenters. The van der Waals surface area contributed by atoms with Gasteiger partial charge in [-0.25, -0.2) is 9.97 Å². The number of nitrogens with zero attached hydrogens (tertiary/aromatic N) is 3. The van der Waals surface area contributed by atoms with Crippen LogP contribution in [0.2, 0.25) is 0 Å². The fraction of sp³-hybridized carbons (Fsp3) is 0.733. The monoisotopic (exact) mass is 279 g/mol. The molecule has 112 valence electrons. The Kier molecular flexibility index (Phi) is 5.31. The van der Waals surface area contributed by atoms with E-state index in [2.05, 4.69) is 9.97 Å². The van der Waals surface area contributed by atoms with Crippen LogP contribution in [0.1, 0.15) is 44.1 Å². The molecule has 0 aromatic carbocycles. The Labute approximate surface area is 121 Å². The minimum atomic E-state index is -0.0646. The summed E-state index contributed by atoms with van der Waals surface area (Å²) in [5.74, 6) is 1.83. The highest BCUT2D eigenvalue weighted by Crippen LogP contribution is 2.28. The van der Waals surface area contributed by atoms with Crippen molar-refractivity contribution in [2.45, 2.75) is 39.2 Å². The molecule has 1 aliphatic carbocycles. The molecule has 2 rings (SSSR count). The van der Waals surface area contributed by atoms with Gasteiger partial charge in [0, 0.05) is 26.1 Å². The molecule has 1 aromatic heterocycles. The van der Waals surface area contributed by atoms with Gasteiger partial charge in [-0.3, -0.25) is 0 Å². The third kappa shape index (κ3) is 4.15. The standard InChI is InChI=1S/C15H25N3O2/c1-11(2)15-16-8-14(13(9-19)17-15)18(3)6-7-20-10-12-4-5-12/h8,11-12,19H,4-7,9-10H2,1-3H3. The number of hydrogen-bond donors (Lipinski definition) is 1. The van der Waals surface area contributed by atoms with Gasteiger partial charge in [-0.2, -0.15) is 0 Å². The van der Waals surface area contributed by atoms with Gasteiger partial charge in [0.2, 0.25) is 0 Å². The molecule has 0 radical (unpaired) electrons. The molecule has 1 saturated carbocycles. The maximum atomic E-state index is 9.48. The molecule has 5 nitrogen and oxygen atoms in total. The molecule has 1 aliphatic rings. The zero-order chi connectivity index (χ0) is 14.5. The van der Waals surface area contributed by atoms with E-state index in [0.29, 0.717) is 12.3 Å². The average Bonchev–Trinajstić information content (AvgIpc) is 3.26. The third-order valence-electron chi connectivity index (χ3n) is 3.56. The molecular weight excluding hydrogens is 254 g/mol. The van der Waals surface area contributed by atoms with Crippen LogP contribution in [-0.4, -0.2) is 41.9 Å². The zero-order valence-electron chi connectivity index (χ0n) is 12.7. The van der Waals surface area contributed by atoms with Gasteiger partial charge < -0.3 is 14.7 Å². The zero-order valence-corrected chi connectivity index (χ0v) is 12.7. The Morgan fingerprint density at radius 3 is 2.80 bits per heavy atom. The highest BCUT2D eigenvalue weighted by Gasteiger charge is 2.21. The molecule has 0 unspecified atom stereocenters. The van der Waals surface area contributed by atoms with Crippen LogP contribution in [-0.2, 0) is 11.3 Å². The quantitative estimate of drug-likeness (QED) is 0.737. The van der Waals surface area contributed by atoms with Crippen LogP contribution in [0.3, 0.4) is 0 Å². The summed E-state index contributed by atoms with van der Waals surface area (Å²) in [5, 5.41) is 9.48. The van der Waals surface area contributed by atoms with Crippen molar-refractivity contribution in [3.8, 4) is 0 Å². The summed E-state index contributed by atoms with van der Waals surface area (Å²) in [7, 11) is 1.98. The van der Waals surface area contributed by atoms with Crippen molar-refractivity contribution in [1.82, 2.24) is 9.97 Å². The van der Waals surface area contributed by atoms with Crippen LogP contribution < -0.4 is 4.90 Å². The largest absolute Gasteiger partial charge is 0.390 e. The third-order valence-corrected chi connectivity index (χ3v) is 3.56. The number of hydrogen-bond acceptors (Lipinski definition) is 5. The van der Waals surface area contributed by atoms with Gasteiger partial charge in [-0.15, -0.1) is 0 Å². The van der Waals surface area contributed by atoms with Crippen molar-refractivity contribution in [3.63, 3.8) is 0 Å². The molecule has 1 fully saturated rings. The number of rotatable bonds is 8. The van der Waals surface area contributed by atoms with Crippen LogP contribution in [0.25, 0.3) is 0 Å². The molecule has 0 bridgehead atoms. The van der Waals surface area contributed by atoms with E-state index < -0.39 is 0 Å². The first kappa shape index (κ1) is 15.2. The van der Waals surface area contributed by atoms with Crippen molar-refractivity contribution in [2.75, 3.05) is 31.7 Å². The van der Waals surface area contributed by atoms with Crippen molar-refractivity contribution >= 4 is 5.69 Å². The predicted octanol–water partition coefficient (Wildman–Crippen LogP) is 1.96. The Morgan fingerprint density at radius 1 is 1.45 bits per heavy atom. The lowest BCUT2D eigenvalue weighted by molar-refractivity contribution is 0.131. The summed E-state index contributed by atoms with van der Waals surface area (Å²) in [6.07, 6.45) is 4.43. The molecule has 0 saturated heterocycles. The lowest BCUT2D eigenvalue weighted by Gasteiger charge is -2.21. The lowest BCUT2D eigenvalue weighted by Crippen LogP contribution is -2.25. The molecule has 5 heteroatoms. The van der Waals surface area contributed by atoms with Gasteiger partial charge >= 0.3 is 0 Å². The first-order valence-corrected chi connectivity index (χ1v) is 7.37. The highest BCUT2D eigenvalue weighted by molar-refractivity contribution is 5.48. The van der Waals surface area contributed by atoms with Crippen LogP contribution in [0.5, 0.6) is 0 Å². The second-order valence-electron chi connectivity index (χ2n) is 5.81. The van der Waals surface area contributed by atoms with E-state index in [0.717, 1.165) is 30.6 Å². The number of ether oxygens (including phenoxy) is 1. The normalized spacial score (nSPS) is 14.8. The Bertz CT molecular complexity index is 433. The van der Waals surface area contributed by atoms with Gasteiger partial charge in [0.1, 0.15) is 5.82 Å². The summed E-state index contributed by atoms with van der Waals surface area (Å²) in [4.78, 5) is 10.8. The van der Waals surface area contributed by atoms with Gasteiger partial charge in [0.15, 0.2) is 0 Å². The average molecular weight is 279 g/mol. The van der Waals surface area contributed by atoms with Crippen molar-refractivity contribution < 1.29 is 9.84 Å². The number of likely N-dealkylation sites (N-methyl/N-ethyl adjacent to an activating group) is 1. The molecule has 20 heavy (non-hydrogen) atoms. The number of aliphatic hydroxyl groups is 1. The summed E-state index contributed by atoms with van der Waals surface area (Å²) >= 11 is 0. The van der Waals surface area contributed by atoms with E-state index in [1.165, 1.54) is 12.8 Å². The van der Waals surface area contributed by atoms with E-state index in [-0.39, 0.29) is 12.5 Å². The van der Waals surface area contributed by atoms with Gasteiger partial charge in [-0.05, 0) is 18.8 Å². The Morgan fingerprint density at radius 2 is 2.20 bits per heavy atom. The lowest BCUT2D eigenvalue weighted by atomic mass is 10.2. The smallest absolute Gasteiger partial charge is 0.131 e. The van der Waals surface area contributed by atoms with Gasteiger partial charge in [-0.1, -0.05) is 13.8 Å². The molecular formula is C15H25N3O2. The van der Waals surface area contributed by atoms with E-state index >= 15 is 0 Å².